The van der Waals surface area contributed by atoms with Crippen LogP contribution in [0.2, 0.25) is 0 Å². The van der Waals surface area contributed by atoms with Crippen molar-refractivity contribution in [3.63, 3.8) is 0 Å². The van der Waals surface area contributed by atoms with Crippen molar-refractivity contribution in [3.05, 3.63) is 118 Å². The molecule has 6 fully saturated rings. The first-order valence-electron chi connectivity index (χ1n) is 27.7. The number of para-hydroxylation sites is 1. The number of aromatic nitrogens is 2. The van der Waals surface area contributed by atoms with Crippen molar-refractivity contribution in [2.45, 2.75) is 165 Å². The van der Waals surface area contributed by atoms with Crippen molar-refractivity contribution in [1.82, 2.24) is 46.2 Å². The molecule has 2 aromatic heterocycles. The number of amides is 3. The number of β-amino-alcohol motifs (C(OH)–C–C–N with tert-alkyl or cyclic N) is 1. The quantitative estimate of drug-likeness (QED) is 0.0665. The monoisotopic (exact) mass is 1040 g/mol. The van der Waals surface area contributed by atoms with Crippen molar-refractivity contribution >= 4 is 34.8 Å². The standard InChI is InChI=1S/C59H76N10O5S/c1-35-52(75-34-63-35)48-20-10-37(31-61-48)32-62-56(73)50-28-46(70)33-68(50)57(74)53(58(2,3)4)64-55(72)40-14-18-43(19-15-40)67-23-21-39(22-24-67)38-12-16-42(17-13-38)59-29-44-25-36(26-45(30-59)69(44)59)9-11-41-27-49(65-66-54(41)60)47-7-5-6-8-51(47)71/h5-8,10,12-13,16-17,20,27,31,34,36,39-40,43-46,50,53,65-66,70-71H,9,11,14-15,18-19,21-26,28-30,32-33,60H2,1-4H3,(H,62,73)(H,64,72)/t36?,40?,43?,44?,45?,46-,50+,53-,59?/m1/s1. The fraction of sp³-hybridized carbons (Fsp3) is 0.542. The van der Waals surface area contributed by atoms with E-state index in [-0.39, 0.29) is 54.4 Å². The molecule has 0 radical (unpaired) electrons. The first-order chi connectivity index (χ1) is 36.1. The average molecular weight is 1040 g/mol. The van der Waals surface area contributed by atoms with E-state index < -0.39 is 23.6 Å². The van der Waals surface area contributed by atoms with E-state index in [2.05, 4.69) is 71.6 Å². The number of hydrogen-bond donors (Lipinski definition) is 7. The largest absolute Gasteiger partial charge is 0.507 e. The van der Waals surface area contributed by atoms with Crippen LogP contribution in [0.4, 0.5) is 0 Å². The first-order valence-corrected chi connectivity index (χ1v) is 28.6. The van der Waals surface area contributed by atoms with Crippen LogP contribution in [0, 0.1) is 24.2 Å². The van der Waals surface area contributed by atoms with Crippen LogP contribution in [-0.2, 0) is 26.5 Å². The molecule has 7 aliphatic rings. The van der Waals surface area contributed by atoms with Gasteiger partial charge in [0.25, 0.3) is 0 Å². The smallest absolute Gasteiger partial charge is 0.246 e. The summed E-state index contributed by atoms with van der Waals surface area (Å²) in [7, 11) is 0. The molecule has 8 N–H and O–H groups in total. The van der Waals surface area contributed by atoms with Crippen molar-refractivity contribution in [3.8, 4) is 16.3 Å². The van der Waals surface area contributed by atoms with Gasteiger partial charge >= 0.3 is 0 Å². The SMILES string of the molecule is Cc1ncsc1-c1ccc(CNC(=O)[C@@H]2C[C@@H](O)CN2C(=O)[C@@H](NC(=O)C2CCC(N3CCC(c4ccc(C56CC7CC(CCC8=C(N)NNC(c9ccccc9O)=C8)CC(C5)N76)cc4)CC3)CC2)C(C)(C)C)cn1. The molecule has 1 aliphatic carbocycles. The van der Waals surface area contributed by atoms with E-state index >= 15 is 0 Å². The van der Waals surface area contributed by atoms with Gasteiger partial charge < -0.3 is 36.4 Å². The van der Waals surface area contributed by atoms with Gasteiger partial charge in [-0.25, -0.2) is 4.98 Å². The number of phenolic OH excluding ortho intramolecular Hbond substituents is 1. The Bertz CT molecular complexity index is 2790. The highest BCUT2D eigenvalue weighted by atomic mass is 32.1. The number of allylic oxidation sites excluding steroid dienone is 2. The minimum atomic E-state index is -0.846. The summed E-state index contributed by atoms with van der Waals surface area (Å²) in [5.74, 6) is 1.20. The number of hydrazine groups is 1. The number of likely N-dealkylation sites (tertiary alicyclic amines) is 2. The van der Waals surface area contributed by atoms with Gasteiger partial charge in [-0.3, -0.25) is 35.1 Å². The molecule has 2 aromatic carbocycles. The third-order valence-corrected chi connectivity index (χ3v) is 19.2. The Kier molecular flexibility index (Phi) is 14.3. The summed E-state index contributed by atoms with van der Waals surface area (Å²) in [5.41, 5.74) is 22.3. The van der Waals surface area contributed by atoms with Gasteiger partial charge in [-0.2, -0.15) is 0 Å². The molecule has 2 unspecified atom stereocenters. The van der Waals surface area contributed by atoms with Gasteiger partial charge in [0.05, 0.1) is 33.6 Å². The Labute approximate surface area is 445 Å². The summed E-state index contributed by atoms with van der Waals surface area (Å²) in [6.45, 7) is 10.2. The van der Waals surface area contributed by atoms with Crippen molar-refractivity contribution < 1.29 is 24.6 Å². The molecule has 16 heteroatoms. The number of phenols is 1. The van der Waals surface area contributed by atoms with E-state index in [0.29, 0.717) is 35.8 Å². The van der Waals surface area contributed by atoms with Crippen molar-refractivity contribution in [2.75, 3.05) is 19.6 Å². The minimum absolute atomic E-state index is 0.0388. The normalized spacial score (nSPS) is 28.5. The highest BCUT2D eigenvalue weighted by Crippen LogP contribution is 2.63. The molecule has 3 amide bonds. The number of hydrogen-bond acceptors (Lipinski definition) is 13. The molecule has 75 heavy (non-hydrogen) atoms. The predicted molar refractivity (Wildman–Crippen MR) is 291 cm³/mol. The van der Waals surface area contributed by atoms with E-state index in [1.807, 2.05) is 58.0 Å². The summed E-state index contributed by atoms with van der Waals surface area (Å²) in [6.07, 6.45) is 15.9. The van der Waals surface area contributed by atoms with Gasteiger partial charge in [0.2, 0.25) is 17.7 Å². The van der Waals surface area contributed by atoms with E-state index in [4.69, 9.17) is 5.73 Å². The molecule has 0 bridgehead atoms. The maximum absolute atomic E-state index is 14.3. The molecule has 8 heterocycles. The van der Waals surface area contributed by atoms with E-state index in [1.165, 1.54) is 53.0 Å². The zero-order chi connectivity index (χ0) is 52.2. The van der Waals surface area contributed by atoms with Crippen LogP contribution in [0.25, 0.3) is 16.3 Å². The summed E-state index contributed by atoms with van der Waals surface area (Å²) in [4.78, 5) is 58.8. The third kappa shape index (κ3) is 10.3. The van der Waals surface area contributed by atoms with Gasteiger partial charge in [0, 0.05) is 60.9 Å². The number of nitrogens with zero attached hydrogens (tertiary/aromatic N) is 5. The molecule has 5 atom stereocenters. The first kappa shape index (κ1) is 51.3. The molecule has 1 saturated carbocycles. The Morgan fingerprint density at radius 1 is 0.893 bits per heavy atom. The molecule has 5 saturated heterocycles. The minimum Gasteiger partial charge on any atom is -0.507 e. The van der Waals surface area contributed by atoms with Crippen molar-refractivity contribution in [1.29, 1.82) is 0 Å². The molecule has 4 aromatic rings. The molecule has 6 aliphatic heterocycles. The van der Waals surface area contributed by atoms with E-state index in [0.717, 1.165) is 103 Å². The molecule has 15 nitrogen and oxygen atoms in total. The number of carbonyl (C=O) groups excluding carboxylic acids is 3. The Balaban J connectivity index is 0.617. The topological polar surface area (TPSA) is 201 Å². The summed E-state index contributed by atoms with van der Waals surface area (Å²) in [5, 5.41) is 27.3. The average Bonchev–Trinajstić information content (AvgIpc) is 4.03. The lowest BCUT2D eigenvalue weighted by Gasteiger charge is -2.74. The van der Waals surface area contributed by atoms with Gasteiger partial charge in [-0.05, 0) is 161 Å². The molecule has 0 spiro atoms. The maximum atomic E-state index is 14.3. The summed E-state index contributed by atoms with van der Waals surface area (Å²) in [6, 6.07) is 21.0. The van der Waals surface area contributed by atoms with E-state index in [1.54, 1.807) is 17.8 Å². The van der Waals surface area contributed by atoms with Crippen molar-refractivity contribution in [2.24, 2.45) is 23.0 Å². The third-order valence-electron chi connectivity index (χ3n) is 18.2. The molecular formula is C59H76N10O5S. The zero-order valence-electron chi connectivity index (χ0n) is 44.1. The van der Waals surface area contributed by atoms with Gasteiger partial charge in [0.1, 0.15) is 23.7 Å². The van der Waals surface area contributed by atoms with Gasteiger partial charge in [-0.1, -0.05) is 63.2 Å². The van der Waals surface area contributed by atoms with Crippen LogP contribution in [0.5, 0.6) is 5.75 Å². The van der Waals surface area contributed by atoms with E-state index in [9.17, 15) is 24.6 Å². The fourth-order valence-corrected chi connectivity index (χ4v) is 14.9. The Morgan fingerprint density at radius 3 is 2.29 bits per heavy atom. The lowest BCUT2D eigenvalue weighted by Crippen LogP contribution is -2.78. The molecular weight excluding hydrogens is 961 g/mol. The lowest BCUT2D eigenvalue weighted by molar-refractivity contribution is -0.236. The highest BCUT2D eigenvalue weighted by Gasteiger charge is 2.65. The number of benzene rings is 2. The number of nitrogens with one attached hydrogen (secondary N) is 4. The second-order valence-corrected chi connectivity index (χ2v) is 24.8. The zero-order valence-corrected chi connectivity index (χ0v) is 44.9. The predicted octanol–water partition coefficient (Wildman–Crippen LogP) is 7.32. The fourth-order valence-electron chi connectivity index (χ4n) is 14.1. The Morgan fingerprint density at radius 2 is 1.63 bits per heavy atom. The number of aliphatic hydroxyl groups excluding tert-OH is 1. The summed E-state index contributed by atoms with van der Waals surface area (Å²) >= 11 is 1.53. The number of carbonyl (C=O) groups is 3. The van der Waals surface area contributed by atoms with Crippen LogP contribution in [0.15, 0.2) is 89.8 Å². The number of nitrogens with two attached hydrogens (primary N) is 1. The van der Waals surface area contributed by atoms with Gasteiger partial charge in [-0.15, -0.1) is 11.3 Å². The number of aryl methyl sites for hydroxylation is 1. The second kappa shape index (κ2) is 21.0. The number of aromatic hydroxyl groups is 1. The number of rotatable bonds is 14. The summed E-state index contributed by atoms with van der Waals surface area (Å²) < 4.78 is 0. The van der Waals surface area contributed by atoms with Crippen LogP contribution in [0.1, 0.15) is 138 Å². The highest BCUT2D eigenvalue weighted by molar-refractivity contribution is 7.13. The lowest BCUT2D eigenvalue weighted by atomic mass is 9.55. The maximum Gasteiger partial charge on any atom is 0.246 e. The number of piperidine rings is 3. The number of aliphatic hydroxyl groups is 1. The Hall–Kier alpha value is -5.81. The number of thiazole rings is 1. The number of pyridine rings is 1. The van der Waals surface area contributed by atoms with Crippen LogP contribution >= 0.6 is 11.3 Å². The van der Waals surface area contributed by atoms with Crippen LogP contribution in [-0.4, -0.2) is 109 Å². The molecule has 398 valence electrons. The van der Waals surface area contributed by atoms with Crippen LogP contribution < -0.4 is 27.2 Å². The second-order valence-electron chi connectivity index (χ2n) is 24.0. The molecule has 11 rings (SSSR count). The van der Waals surface area contributed by atoms with Gasteiger partial charge in [0.15, 0.2) is 0 Å². The van der Waals surface area contributed by atoms with Crippen LogP contribution in [0.3, 0.4) is 0 Å².